The van der Waals surface area contributed by atoms with E-state index in [0.29, 0.717) is 5.92 Å². The van der Waals surface area contributed by atoms with Crippen molar-refractivity contribution < 1.29 is 4.79 Å². The van der Waals surface area contributed by atoms with Gasteiger partial charge in [0.15, 0.2) is 0 Å². The molecule has 0 radical (unpaired) electrons. The number of aryl methyl sites for hydroxylation is 1. The van der Waals surface area contributed by atoms with Crippen LogP contribution in [0.5, 0.6) is 0 Å². The first-order valence-electron chi connectivity index (χ1n) is 6.97. The lowest BCUT2D eigenvalue weighted by atomic mass is 10.1. The molecule has 1 aliphatic rings. The molecule has 0 spiro atoms. The van der Waals surface area contributed by atoms with Gasteiger partial charge < -0.3 is 10.2 Å². The summed E-state index contributed by atoms with van der Waals surface area (Å²) in [6, 6.07) is 0.260. The molecule has 1 fully saturated rings. The van der Waals surface area contributed by atoms with Gasteiger partial charge in [-0.3, -0.25) is 4.79 Å². The average molecular weight is 281 g/mol. The van der Waals surface area contributed by atoms with Crippen molar-refractivity contribution in [2.75, 3.05) is 19.6 Å². The first kappa shape index (κ1) is 14.5. The van der Waals surface area contributed by atoms with Gasteiger partial charge in [-0.05, 0) is 19.8 Å². The summed E-state index contributed by atoms with van der Waals surface area (Å²) in [4.78, 5) is 19.9. The highest BCUT2D eigenvalue weighted by molar-refractivity contribution is 7.13. The molecule has 19 heavy (non-hydrogen) atoms. The maximum absolute atomic E-state index is 12.6. The Morgan fingerprint density at radius 1 is 1.58 bits per heavy atom. The van der Waals surface area contributed by atoms with E-state index in [9.17, 15) is 4.79 Å². The van der Waals surface area contributed by atoms with Crippen LogP contribution in [0, 0.1) is 12.8 Å². The minimum atomic E-state index is 0.152. The van der Waals surface area contributed by atoms with E-state index >= 15 is 0 Å². The summed E-state index contributed by atoms with van der Waals surface area (Å²) < 4.78 is 0. The molecule has 1 aliphatic heterocycles. The van der Waals surface area contributed by atoms with Crippen molar-refractivity contribution in [1.82, 2.24) is 15.2 Å². The molecular formula is C14H23N3OS. The van der Waals surface area contributed by atoms with E-state index in [1.54, 1.807) is 11.3 Å². The van der Waals surface area contributed by atoms with Crippen LogP contribution in [0.25, 0.3) is 0 Å². The number of thiazole rings is 1. The fourth-order valence-corrected chi connectivity index (χ4v) is 3.59. The number of piperazine rings is 1. The molecule has 0 bridgehead atoms. The minimum Gasteiger partial charge on any atom is -0.333 e. The second-order valence-corrected chi connectivity index (χ2v) is 6.76. The number of hydrogen-bond acceptors (Lipinski definition) is 4. The Morgan fingerprint density at radius 3 is 2.95 bits per heavy atom. The zero-order valence-corrected chi connectivity index (χ0v) is 13.0. The van der Waals surface area contributed by atoms with Crippen molar-refractivity contribution in [2.24, 2.45) is 5.92 Å². The normalized spacial score (nSPS) is 20.1. The van der Waals surface area contributed by atoms with Gasteiger partial charge in [0.25, 0.3) is 5.91 Å². The number of nitrogens with zero attached hydrogens (tertiary/aromatic N) is 2. The van der Waals surface area contributed by atoms with E-state index in [0.717, 1.165) is 41.6 Å². The average Bonchev–Trinajstić information content (AvgIpc) is 2.69. The van der Waals surface area contributed by atoms with Gasteiger partial charge in [-0.1, -0.05) is 13.8 Å². The van der Waals surface area contributed by atoms with Crippen LogP contribution >= 0.6 is 11.3 Å². The zero-order valence-electron chi connectivity index (χ0n) is 12.2. The molecule has 1 N–H and O–H groups in total. The highest BCUT2D eigenvalue weighted by atomic mass is 32.1. The smallest absolute Gasteiger partial charge is 0.266 e. The standard InChI is InChI=1S/C14H23N3OS/c1-9(2)7-12-16-11(4)13(19-12)14(18)17-6-5-15-8-10(17)3/h9-10,15H,5-8H2,1-4H3/t10-/m1/s1. The van der Waals surface area contributed by atoms with Crippen LogP contribution in [0.3, 0.4) is 0 Å². The fourth-order valence-electron chi connectivity index (χ4n) is 2.36. The van der Waals surface area contributed by atoms with Gasteiger partial charge in [0.1, 0.15) is 4.88 Å². The largest absolute Gasteiger partial charge is 0.333 e. The van der Waals surface area contributed by atoms with E-state index in [4.69, 9.17) is 0 Å². The predicted molar refractivity (Wildman–Crippen MR) is 78.8 cm³/mol. The van der Waals surface area contributed by atoms with Gasteiger partial charge >= 0.3 is 0 Å². The van der Waals surface area contributed by atoms with E-state index in [2.05, 4.69) is 31.1 Å². The molecule has 1 amide bonds. The van der Waals surface area contributed by atoms with Crippen LogP contribution < -0.4 is 5.32 Å². The van der Waals surface area contributed by atoms with Crippen LogP contribution in [-0.2, 0) is 6.42 Å². The SMILES string of the molecule is Cc1nc(CC(C)C)sc1C(=O)N1CCNC[C@H]1C. The van der Waals surface area contributed by atoms with Crippen LogP contribution in [0.15, 0.2) is 0 Å². The summed E-state index contributed by atoms with van der Waals surface area (Å²) in [6.45, 7) is 10.9. The highest BCUT2D eigenvalue weighted by Crippen LogP contribution is 2.23. The van der Waals surface area contributed by atoms with Crippen LogP contribution in [-0.4, -0.2) is 41.5 Å². The molecule has 0 aliphatic carbocycles. The topological polar surface area (TPSA) is 45.2 Å². The van der Waals surface area contributed by atoms with E-state index in [1.165, 1.54) is 0 Å². The van der Waals surface area contributed by atoms with E-state index < -0.39 is 0 Å². The number of carbonyl (C=O) groups is 1. The summed E-state index contributed by atoms with van der Waals surface area (Å²) in [5.41, 5.74) is 0.886. The van der Waals surface area contributed by atoms with Crippen molar-refractivity contribution in [3.8, 4) is 0 Å². The molecule has 0 aromatic carbocycles. The lowest BCUT2D eigenvalue weighted by molar-refractivity contribution is 0.0660. The fraction of sp³-hybridized carbons (Fsp3) is 0.714. The molecule has 106 valence electrons. The number of amides is 1. The first-order chi connectivity index (χ1) is 8.99. The van der Waals surface area contributed by atoms with Gasteiger partial charge in [0.05, 0.1) is 10.7 Å². The molecule has 0 unspecified atom stereocenters. The molecule has 5 heteroatoms. The highest BCUT2D eigenvalue weighted by Gasteiger charge is 2.27. The lowest BCUT2D eigenvalue weighted by Crippen LogP contribution is -2.52. The summed E-state index contributed by atoms with van der Waals surface area (Å²) in [7, 11) is 0. The lowest BCUT2D eigenvalue weighted by Gasteiger charge is -2.33. The second kappa shape index (κ2) is 6.01. The monoisotopic (exact) mass is 281 g/mol. The van der Waals surface area contributed by atoms with Gasteiger partial charge in [0, 0.05) is 32.1 Å². The summed E-state index contributed by atoms with van der Waals surface area (Å²) >= 11 is 1.57. The second-order valence-electron chi connectivity index (χ2n) is 5.67. The van der Waals surface area contributed by atoms with E-state index in [1.807, 2.05) is 11.8 Å². The zero-order chi connectivity index (χ0) is 14.0. The number of carbonyl (C=O) groups excluding carboxylic acids is 1. The Kier molecular flexibility index (Phi) is 4.58. The maximum Gasteiger partial charge on any atom is 0.266 e. The van der Waals surface area contributed by atoms with Gasteiger partial charge in [-0.2, -0.15) is 0 Å². The Balaban J connectivity index is 2.16. The summed E-state index contributed by atoms with van der Waals surface area (Å²) in [5, 5.41) is 4.39. The van der Waals surface area contributed by atoms with Crippen LogP contribution in [0.4, 0.5) is 0 Å². The molecule has 1 aromatic rings. The van der Waals surface area contributed by atoms with E-state index in [-0.39, 0.29) is 11.9 Å². The minimum absolute atomic E-state index is 0.152. The van der Waals surface area contributed by atoms with Crippen molar-refractivity contribution in [1.29, 1.82) is 0 Å². The van der Waals surface area contributed by atoms with Crippen LogP contribution in [0.1, 0.15) is 41.1 Å². The van der Waals surface area contributed by atoms with Gasteiger partial charge in [0.2, 0.25) is 0 Å². The molecule has 0 saturated carbocycles. The molecule has 2 rings (SSSR count). The van der Waals surface area contributed by atoms with Crippen molar-refractivity contribution in [3.63, 3.8) is 0 Å². The third-order valence-corrected chi connectivity index (χ3v) is 4.55. The van der Waals surface area contributed by atoms with Crippen molar-refractivity contribution in [2.45, 2.75) is 40.2 Å². The maximum atomic E-state index is 12.6. The molecular weight excluding hydrogens is 258 g/mol. The summed E-state index contributed by atoms with van der Waals surface area (Å²) in [5.74, 6) is 0.727. The molecule has 1 aromatic heterocycles. The summed E-state index contributed by atoms with van der Waals surface area (Å²) in [6.07, 6.45) is 0.954. The molecule has 2 heterocycles. The van der Waals surface area contributed by atoms with Crippen LogP contribution in [0.2, 0.25) is 0 Å². The molecule has 4 nitrogen and oxygen atoms in total. The van der Waals surface area contributed by atoms with Crippen molar-refractivity contribution >= 4 is 17.2 Å². The Bertz CT molecular complexity index is 456. The van der Waals surface area contributed by atoms with Gasteiger partial charge in [-0.15, -0.1) is 11.3 Å². The van der Waals surface area contributed by atoms with Gasteiger partial charge in [-0.25, -0.2) is 4.98 Å². The molecule has 1 saturated heterocycles. The number of rotatable bonds is 3. The number of aromatic nitrogens is 1. The first-order valence-corrected chi connectivity index (χ1v) is 7.78. The number of hydrogen-bond donors (Lipinski definition) is 1. The third-order valence-electron chi connectivity index (χ3n) is 3.38. The Hall–Kier alpha value is -0.940. The Morgan fingerprint density at radius 2 is 2.32 bits per heavy atom. The predicted octanol–water partition coefficient (Wildman–Crippen LogP) is 2.08. The quantitative estimate of drug-likeness (QED) is 0.922. The molecule has 1 atom stereocenters. The van der Waals surface area contributed by atoms with Crippen molar-refractivity contribution in [3.05, 3.63) is 15.6 Å². The number of nitrogens with one attached hydrogen (secondary N) is 1. The Labute approximate surface area is 119 Å². The third kappa shape index (κ3) is 3.34.